The third-order valence-electron chi connectivity index (χ3n) is 5.54. The largest absolute Gasteiger partial charge is 0.387 e. The fraction of sp³-hybridized carbons (Fsp3) is 0.632. The molecule has 28 heavy (non-hydrogen) atoms. The van der Waals surface area contributed by atoms with Crippen LogP contribution in [-0.2, 0) is 9.47 Å². The summed E-state index contributed by atoms with van der Waals surface area (Å²) in [6, 6.07) is 0. The first-order chi connectivity index (χ1) is 13.6. The zero-order valence-electron chi connectivity index (χ0n) is 15.5. The lowest BCUT2D eigenvalue weighted by atomic mass is 9.96. The van der Waals surface area contributed by atoms with Crippen molar-refractivity contribution in [2.75, 3.05) is 5.73 Å². The van der Waals surface area contributed by atoms with Gasteiger partial charge in [0.1, 0.15) is 30.2 Å². The highest BCUT2D eigenvalue weighted by atomic mass is 16.6. The summed E-state index contributed by atoms with van der Waals surface area (Å²) in [6.07, 6.45) is 9.62. The minimum absolute atomic E-state index is 0.0979. The number of nitrogens with two attached hydrogens (primary N) is 1. The SMILES string of the molecule is C#CCC(OC1CCCCC1)[C@H]1O[C@@H](n2cnc3c(N)ncnc32)[C@H](O)[C@@H]1O. The van der Waals surface area contributed by atoms with E-state index in [1.54, 1.807) is 4.57 Å². The molecule has 3 heterocycles. The van der Waals surface area contributed by atoms with E-state index >= 15 is 0 Å². The van der Waals surface area contributed by atoms with Crippen molar-refractivity contribution in [1.29, 1.82) is 0 Å². The van der Waals surface area contributed by atoms with Crippen LogP contribution in [-0.4, -0.2) is 60.3 Å². The number of hydrogen-bond acceptors (Lipinski definition) is 8. The third kappa shape index (κ3) is 3.44. The van der Waals surface area contributed by atoms with E-state index in [0.29, 0.717) is 11.2 Å². The van der Waals surface area contributed by atoms with Gasteiger partial charge in [-0.3, -0.25) is 4.57 Å². The molecular weight excluding hydrogens is 362 g/mol. The summed E-state index contributed by atoms with van der Waals surface area (Å²) in [5.41, 5.74) is 6.66. The lowest BCUT2D eigenvalue weighted by Gasteiger charge is -2.31. The molecule has 2 aromatic rings. The number of imidazole rings is 1. The van der Waals surface area contributed by atoms with Crippen molar-refractivity contribution in [3.05, 3.63) is 12.7 Å². The summed E-state index contributed by atoms with van der Waals surface area (Å²) in [6.45, 7) is 0. The van der Waals surface area contributed by atoms with E-state index in [4.69, 9.17) is 21.6 Å². The highest BCUT2D eigenvalue weighted by Gasteiger charge is 2.48. The molecule has 9 nitrogen and oxygen atoms in total. The van der Waals surface area contributed by atoms with Gasteiger partial charge < -0.3 is 25.4 Å². The van der Waals surface area contributed by atoms with Gasteiger partial charge >= 0.3 is 0 Å². The Morgan fingerprint density at radius 1 is 1.25 bits per heavy atom. The first-order valence-electron chi connectivity index (χ1n) is 9.63. The van der Waals surface area contributed by atoms with Gasteiger partial charge in [0.05, 0.1) is 18.5 Å². The van der Waals surface area contributed by atoms with Crippen LogP contribution in [0.25, 0.3) is 11.2 Å². The predicted octanol–water partition coefficient (Wildman–Crippen LogP) is 0.769. The van der Waals surface area contributed by atoms with Crippen LogP contribution in [0.15, 0.2) is 12.7 Å². The molecule has 2 aliphatic rings. The van der Waals surface area contributed by atoms with Gasteiger partial charge in [-0.15, -0.1) is 12.3 Å². The van der Waals surface area contributed by atoms with Gasteiger partial charge in [0.25, 0.3) is 0 Å². The van der Waals surface area contributed by atoms with Gasteiger partial charge in [-0.25, -0.2) is 15.0 Å². The summed E-state index contributed by atoms with van der Waals surface area (Å²) in [5.74, 6) is 2.84. The van der Waals surface area contributed by atoms with E-state index in [2.05, 4.69) is 20.9 Å². The van der Waals surface area contributed by atoms with Crippen LogP contribution in [0.2, 0.25) is 0 Å². The van der Waals surface area contributed by atoms with Gasteiger partial charge in [-0.1, -0.05) is 19.3 Å². The number of fused-ring (bicyclic) bond motifs is 1. The molecule has 1 saturated heterocycles. The first-order valence-corrected chi connectivity index (χ1v) is 9.63. The van der Waals surface area contributed by atoms with Gasteiger partial charge in [0, 0.05) is 6.42 Å². The van der Waals surface area contributed by atoms with Crippen molar-refractivity contribution < 1.29 is 19.7 Å². The lowest BCUT2D eigenvalue weighted by molar-refractivity contribution is -0.131. The van der Waals surface area contributed by atoms with Crippen molar-refractivity contribution in [2.24, 2.45) is 0 Å². The van der Waals surface area contributed by atoms with Crippen LogP contribution in [0.4, 0.5) is 5.82 Å². The van der Waals surface area contributed by atoms with Crippen molar-refractivity contribution in [2.45, 2.75) is 75.3 Å². The van der Waals surface area contributed by atoms with E-state index < -0.39 is 30.6 Å². The molecule has 0 bridgehead atoms. The summed E-state index contributed by atoms with van der Waals surface area (Å²) in [7, 11) is 0. The average Bonchev–Trinajstić information content (AvgIpc) is 3.25. The fourth-order valence-corrected chi connectivity index (χ4v) is 4.09. The molecule has 1 aliphatic heterocycles. The number of hydrogen-bond donors (Lipinski definition) is 3. The van der Waals surface area contributed by atoms with Crippen molar-refractivity contribution >= 4 is 17.0 Å². The molecule has 9 heteroatoms. The van der Waals surface area contributed by atoms with E-state index in [1.165, 1.54) is 19.1 Å². The van der Waals surface area contributed by atoms with E-state index in [0.717, 1.165) is 25.7 Å². The summed E-state index contributed by atoms with van der Waals surface area (Å²) in [5, 5.41) is 21.3. The Hall–Kier alpha value is -2.25. The molecular formula is C19H25N5O4. The standard InChI is InChI=1S/C19H25N5O4/c1-2-6-12(27-11-7-4-3-5-8-11)16-14(25)15(26)19(28-16)24-10-23-13-17(20)21-9-22-18(13)24/h1,9-12,14-16,19,25-26H,3-8H2,(H2,20,21,22)/t12?,14-,15+,16+,19+/m0/s1. The van der Waals surface area contributed by atoms with Gasteiger partial charge in [0.15, 0.2) is 17.7 Å². The Labute approximate surface area is 162 Å². The van der Waals surface area contributed by atoms with Gasteiger partial charge in [0.2, 0.25) is 0 Å². The Bertz CT molecular complexity index is 860. The molecule has 1 unspecified atom stereocenters. The predicted molar refractivity (Wildman–Crippen MR) is 101 cm³/mol. The second kappa shape index (κ2) is 8.01. The highest BCUT2D eigenvalue weighted by Crippen LogP contribution is 2.35. The monoisotopic (exact) mass is 387 g/mol. The van der Waals surface area contributed by atoms with Crippen molar-refractivity contribution in [1.82, 2.24) is 19.5 Å². The van der Waals surface area contributed by atoms with Crippen LogP contribution in [0, 0.1) is 12.3 Å². The van der Waals surface area contributed by atoms with Crippen LogP contribution in [0.5, 0.6) is 0 Å². The van der Waals surface area contributed by atoms with Crippen molar-refractivity contribution in [3.8, 4) is 12.3 Å². The number of nitrogens with zero attached hydrogens (tertiary/aromatic N) is 4. The Kier molecular flexibility index (Phi) is 5.46. The van der Waals surface area contributed by atoms with E-state index in [1.807, 2.05) is 0 Å². The second-order valence-corrected chi connectivity index (χ2v) is 7.40. The lowest BCUT2D eigenvalue weighted by Crippen LogP contribution is -2.42. The summed E-state index contributed by atoms with van der Waals surface area (Å²) < 4.78 is 13.8. The maximum atomic E-state index is 10.7. The van der Waals surface area contributed by atoms with Crippen LogP contribution in [0.1, 0.15) is 44.8 Å². The molecule has 0 radical (unpaired) electrons. The number of aliphatic hydroxyl groups is 2. The first kappa shape index (κ1) is 19.1. The molecule has 0 amide bonds. The quantitative estimate of drug-likeness (QED) is 0.642. The normalized spacial score (nSPS) is 29.8. The average molecular weight is 387 g/mol. The van der Waals surface area contributed by atoms with Crippen LogP contribution >= 0.6 is 0 Å². The number of aliphatic hydroxyl groups excluding tert-OH is 2. The fourth-order valence-electron chi connectivity index (χ4n) is 4.09. The van der Waals surface area contributed by atoms with Crippen LogP contribution in [0.3, 0.4) is 0 Å². The molecule has 1 aliphatic carbocycles. The molecule has 150 valence electrons. The van der Waals surface area contributed by atoms with Crippen LogP contribution < -0.4 is 5.73 Å². The Balaban J connectivity index is 1.57. The topological polar surface area (TPSA) is 129 Å². The maximum absolute atomic E-state index is 10.7. The zero-order valence-corrected chi connectivity index (χ0v) is 15.5. The van der Waals surface area contributed by atoms with E-state index in [-0.39, 0.29) is 18.3 Å². The Morgan fingerprint density at radius 3 is 2.79 bits per heavy atom. The minimum Gasteiger partial charge on any atom is -0.387 e. The minimum atomic E-state index is -1.19. The molecule has 4 rings (SSSR count). The number of nitrogen functional groups attached to an aromatic ring is 1. The number of terminal acetylenes is 1. The molecule has 4 N–H and O–H groups in total. The molecule has 0 spiro atoms. The second-order valence-electron chi connectivity index (χ2n) is 7.40. The van der Waals surface area contributed by atoms with E-state index in [9.17, 15) is 10.2 Å². The molecule has 1 saturated carbocycles. The third-order valence-corrected chi connectivity index (χ3v) is 5.54. The zero-order chi connectivity index (χ0) is 19.7. The van der Waals surface area contributed by atoms with Crippen molar-refractivity contribution in [3.63, 3.8) is 0 Å². The number of aromatic nitrogens is 4. The maximum Gasteiger partial charge on any atom is 0.167 e. The molecule has 2 fully saturated rings. The molecule has 0 aromatic carbocycles. The van der Waals surface area contributed by atoms with Gasteiger partial charge in [-0.05, 0) is 12.8 Å². The molecule has 2 aromatic heterocycles. The van der Waals surface area contributed by atoms with Gasteiger partial charge in [-0.2, -0.15) is 0 Å². The molecule has 5 atom stereocenters. The smallest absolute Gasteiger partial charge is 0.167 e. The Morgan fingerprint density at radius 2 is 2.04 bits per heavy atom. The number of anilines is 1. The number of rotatable bonds is 5. The number of ether oxygens (including phenoxy) is 2. The highest BCUT2D eigenvalue weighted by molar-refractivity contribution is 5.81. The summed E-state index contributed by atoms with van der Waals surface area (Å²) in [4.78, 5) is 12.3. The summed E-state index contributed by atoms with van der Waals surface area (Å²) >= 11 is 0.